The molecule has 0 radical (unpaired) electrons. The number of hydrogen-bond acceptors (Lipinski definition) is 2. The molecule has 0 heterocycles. The minimum Gasteiger partial charge on any atom is -0.392 e. The van der Waals surface area contributed by atoms with Crippen LogP contribution in [0.25, 0.3) is 34.1 Å². The lowest BCUT2D eigenvalue weighted by Gasteiger charge is -2.29. The van der Waals surface area contributed by atoms with Crippen LogP contribution in [0.3, 0.4) is 0 Å². The Hall–Kier alpha value is -7.00. The monoisotopic (exact) mass is 721 g/mol. The molecule has 0 saturated carbocycles. The van der Waals surface area contributed by atoms with Crippen molar-refractivity contribution < 1.29 is 5.11 Å². The quantitative estimate of drug-likeness (QED) is 0.106. The van der Waals surface area contributed by atoms with Gasteiger partial charge < -0.3 is 10.0 Å². The lowest BCUT2D eigenvalue weighted by Crippen LogP contribution is -2.12. The van der Waals surface area contributed by atoms with Crippen molar-refractivity contribution in [2.45, 2.75) is 13.5 Å². The third-order valence-electron chi connectivity index (χ3n) is 10.2. The molecule has 56 heavy (non-hydrogen) atoms. The predicted octanol–water partition coefficient (Wildman–Crippen LogP) is 13.8. The molecular formula is C54H43NO. The largest absolute Gasteiger partial charge is 0.392 e. The lowest BCUT2D eigenvalue weighted by atomic mass is 9.93. The van der Waals surface area contributed by atoms with Crippen molar-refractivity contribution in [3.8, 4) is 0 Å². The van der Waals surface area contributed by atoms with Crippen LogP contribution in [-0.4, -0.2) is 5.11 Å². The Morgan fingerprint density at radius 1 is 0.500 bits per heavy atom. The molecule has 8 aromatic rings. The van der Waals surface area contributed by atoms with Crippen LogP contribution in [-0.2, 0) is 6.61 Å². The highest BCUT2D eigenvalue weighted by Gasteiger charge is 2.19. The molecule has 0 aliphatic rings. The summed E-state index contributed by atoms with van der Waals surface area (Å²) in [6, 6.07) is 70.4. The second-order valence-corrected chi connectivity index (χ2v) is 13.9. The van der Waals surface area contributed by atoms with Gasteiger partial charge in [0.2, 0.25) is 0 Å². The molecule has 0 aliphatic heterocycles. The standard InChI is InChI=1S/C54H43NO/c1-40-37-42(39-56)31-35-53(40)55(48-33-29-41(30-34-48)17-16-28-49(43-18-6-2-7-19-43)44-20-8-3-9-21-44)54-36-32-47(50-26-14-15-27-51(50)54)38-52(45-22-10-4-11-23-45)46-24-12-5-13-25-46/h2-38,56H,39H2,1H3/b17-16+. The van der Waals surface area contributed by atoms with Crippen LogP contribution in [0.2, 0.25) is 0 Å². The zero-order valence-corrected chi connectivity index (χ0v) is 31.5. The fraction of sp³-hybridized carbons (Fsp3) is 0.0370. The van der Waals surface area contributed by atoms with Gasteiger partial charge in [0.25, 0.3) is 0 Å². The number of allylic oxidation sites excluding steroid dienone is 2. The van der Waals surface area contributed by atoms with Gasteiger partial charge in [-0.3, -0.25) is 0 Å². The Morgan fingerprint density at radius 3 is 1.54 bits per heavy atom. The topological polar surface area (TPSA) is 23.5 Å². The smallest absolute Gasteiger partial charge is 0.0681 e. The summed E-state index contributed by atoms with van der Waals surface area (Å²) in [4.78, 5) is 2.35. The molecule has 0 aromatic heterocycles. The van der Waals surface area contributed by atoms with Gasteiger partial charge in [-0.25, -0.2) is 0 Å². The highest BCUT2D eigenvalue weighted by molar-refractivity contribution is 6.06. The Balaban J connectivity index is 1.21. The molecular weight excluding hydrogens is 679 g/mol. The summed E-state index contributed by atoms with van der Waals surface area (Å²) in [7, 11) is 0. The number of hydrogen-bond donors (Lipinski definition) is 1. The predicted molar refractivity (Wildman–Crippen MR) is 238 cm³/mol. The van der Waals surface area contributed by atoms with E-state index in [1.165, 1.54) is 38.8 Å². The van der Waals surface area contributed by atoms with E-state index >= 15 is 0 Å². The summed E-state index contributed by atoms with van der Waals surface area (Å²) in [5, 5.41) is 12.3. The average molecular weight is 722 g/mol. The first kappa shape index (κ1) is 36.0. The molecule has 1 N–H and O–H groups in total. The maximum absolute atomic E-state index is 9.97. The van der Waals surface area contributed by atoms with Crippen LogP contribution in [0.5, 0.6) is 0 Å². The Labute approximate surface area is 330 Å². The van der Waals surface area contributed by atoms with Gasteiger partial charge in [-0.05, 0) is 98.3 Å². The molecule has 0 fully saturated rings. The fourth-order valence-electron chi connectivity index (χ4n) is 7.41. The number of aryl methyl sites for hydroxylation is 1. The summed E-state index contributed by atoms with van der Waals surface area (Å²) in [6.45, 7) is 2.12. The number of aliphatic hydroxyl groups excluding tert-OH is 1. The van der Waals surface area contributed by atoms with Gasteiger partial charge in [0.05, 0.1) is 12.3 Å². The highest BCUT2D eigenvalue weighted by atomic mass is 16.3. The van der Waals surface area contributed by atoms with Crippen molar-refractivity contribution in [3.05, 3.63) is 257 Å². The van der Waals surface area contributed by atoms with Crippen LogP contribution in [0.1, 0.15) is 44.5 Å². The normalized spacial score (nSPS) is 11.0. The van der Waals surface area contributed by atoms with E-state index in [0.717, 1.165) is 44.7 Å². The number of aliphatic hydroxyl groups is 1. The molecule has 0 spiro atoms. The third-order valence-corrected chi connectivity index (χ3v) is 10.2. The first-order valence-corrected chi connectivity index (χ1v) is 19.1. The van der Waals surface area contributed by atoms with Gasteiger partial charge in [0.1, 0.15) is 0 Å². The van der Waals surface area contributed by atoms with E-state index in [0.29, 0.717) is 0 Å². The fourth-order valence-corrected chi connectivity index (χ4v) is 7.41. The van der Waals surface area contributed by atoms with E-state index in [1.54, 1.807) is 0 Å². The molecule has 2 heteroatoms. The van der Waals surface area contributed by atoms with Gasteiger partial charge in [-0.15, -0.1) is 0 Å². The Kier molecular flexibility index (Phi) is 10.9. The molecule has 0 amide bonds. The zero-order valence-electron chi connectivity index (χ0n) is 31.5. The van der Waals surface area contributed by atoms with Crippen molar-refractivity contribution in [1.29, 1.82) is 0 Å². The summed E-state index contributed by atoms with van der Waals surface area (Å²) in [5.41, 5.74) is 14.5. The second kappa shape index (κ2) is 17.0. The van der Waals surface area contributed by atoms with E-state index in [2.05, 4.69) is 230 Å². The van der Waals surface area contributed by atoms with Gasteiger partial charge in [0.15, 0.2) is 0 Å². The lowest BCUT2D eigenvalue weighted by molar-refractivity contribution is 0.282. The van der Waals surface area contributed by atoms with E-state index in [9.17, 15) is 5.11 Å². The molecule has 2 nitrogen and oxygen atoms in total. The zero-order chi connectivity index (χ0) is 38.1. The Bertz CT molecular complexity index is 2560. The minimum absolute atomic E-state index is 0.00197. The maximum Gasteiger partial charge on any atom is 0.0681 e. The molecule has 0 saturated heterocycles. The van der Waals surface area contributed by atoms with Gasteiger partial charge in [0, 0.05) is 16.8 Å². The summed E-state index contributed by atoms with van der Waals surface area (Å²) >= 11 is 0. The Morgan fingerprint density at radius 2 is 1.00 bits per heavy atom. The SMILES string of the molecule is Cc1cc(CO)ccc1N(c1ccc(/C=C/C=C(c2ccccc2)c2ccccc2)cc1)c1ccc(C=C(c2ccccc2)c2ccccc2)c2ccccc12. The minimum atomic E-state index is 0.00197. The molecule has 8 rings (SSSR count). The molecule has 0 atom stereocenters. The number of benzene rings is 8. The number of anilines is 3. The summed E-state index contributed by atoms with van der Waals surface area (Å²) < 4.78 is 0. The first-order chi connectivity index (χ1) is 27.7. The summed E-state index contributed by atoms with van der Waals surface area (Å²) in [5.74, 6) is 0. The third kappa shape index (κ3) is 7.93. The first-order valence-electron chi connectivity index (χ1n) is 19.1. The molecule has 0 aliphatic carbocycles. The molecule has 0 unspecified atom stereocenters. The van der Waals surface area contributed by atoms with E-state index < -0.39 is 0 Å². The van der Waals surface area contributed by atoms with E-state index in [1.807, 2.05) is 6.07 Å². The van der Waals surface area contributed by atoms with Gasteiger partial charge >= 0.3 is 0 Å². The number of rotatable bonds is 11. The van der Waals surface area contributed by atoms with Crippen LogP contribution in [0.4, 0.5) is 17.1 Å². The number of fused-ring (bicyclic) bond motifs is 1. The van der Waals surface area contributed by atoms with Crippen LogP contribution in [0, 0.1) is 6.92 Å². The molecule has 8 aromatic carbocycles. The van der Waals surface area contributed by atoms with Crippen molar-refractivity contribution >= 4 is 51.1 Å². The van der Waals surface area contributed by atoms with Crippen molar-refractivity contribution in [2.75, 3.05) is 4.90 Å². The second-order valence-electron chi connectivity index (χ2n) is 13.9. The van der Waals surface area contributed by atoms with Crippen LogP contribution < -0.4 is 4.90 Å². The van der Waals surface area contributed by atoms with Crippen LogP contribution in [0.15, 0.2) is 212 Å². The van der Waals surface area contributed by atoms with E-state index in [4.69, 9.17) is 0 Å². The van der Waals surface area contributed by atoms with Crippen molar-refractivity contribution in [1.82, 2.24) is 0 Å². The van der Waals surface area contributed by atoms with E-state index in [-0.39, 0.29) is 6.61 Å². The summed E-state index contributed by atoms with van der Waals surface area (Å²) in [6.07, 6.45) is 8.81. The average Bonchev–Trinajstić information content (AvgIpc) is 3.27. The molecule has 0 bridgehead atoms. The highest BCUT2D eigenvalue weighted by Crippen LogP contribution is 2.42. The maximum atomic E-state index is 9.97. The van der Waals surface area contributed by atoms with Crippen LogP contribution >= 0.6 is 0 Å². The van der Waals surface area contributed by atoms with Crippen molar-refractivity contribution in [2.24, 2.45) is 0 Å². The molecule has 270 valence electrons. The number of nitrogens with zero attached hydrogens (tertiary/aromatic N) is 1. The van der Waals surface area contributed by atoms with Gasteiger partial charge in [-0.2, -0.15) is 0 Å². The van der Waals surface area contributed by atoms with Crippen molar-refractivity contribution in [3.63, 3.8) is 0 Å². The van der Waals surface area contributed by atoms with Gasteiger partial charge in [-0.1, -0.05) is 194 Å².